The molecule has 5 heteroatoms. The number of carbonyl (C=O) groups excluding carboxylic acids is 1. The Morgan fingerprint density at radius 3 is 2.81 bits per heavy atom. The minimum Gasteiger partial charge on any atom is -0.375 e. The van der Waals surface area contributed by atoms with Gasteiger partial charge in [0.25, 0.3) is 0 Å². The second-order valence-corrected chi connectivity index (χ2v) is 7.08. The lowest BCUT2D eigenvalue weighted by atomic mass is 9.87. The van der Waals surface area contributed by atoms with E-state index in [2.05, 4.69) is 10.2 Å². The average Bonchev–Trinajstić information content (AvgIpc) is 2.94. The van der Waals surface area contributed by atoms with Crippen LogP contribution in [0.3, 0.4) is 0 Å². The number of carbonyl (C=O) groups is 1. The van der Waals surface area contributed by atoms with Gasteiger partial charge in [-0.25, -0.2) is 0 Å². The zero-order valence-electron chi connectivity index (χ0n) is 13.4. The van der Waals surface area contributed by atoms with Gasteiger partial charge in [-0.2, -0.15) is 0 Å². The highest BCUT2D eigenvalue weighted by Crippen LogP contribution is 2.41. The highest BCUT2D eigenvalue weighted by molar-refractivity contribution is 5.81. The van der Waals surface area contributed by atoms with Gasteiger partial charge in [-0.15, -0.1) is 0 Å². The van der Waals surface area contributed by atoms with Crippen molar-refractivity contribution in [3.05, 3.63) is 0 Å². The van der Waals surface area contributed by atoms with E-state index in [0.717, 1.165) is 39.1 Å². The second-order valence-electron chi connectivity index (χ2n) is 7.08. The van der Waals surface area contributed by atoms with Gasteiger partial charge in [0.05, 0.1) is 5.60 Å². The fraction of sp³-hybridized carbons (Fsp3) is 0.938. The summed E-state index contributed by atoms with van der Waals surface area (Å²) >= 11 is 0. The van der Waals surface area contributed by atoms with Gasteiger partial charge in [0.2, 0.25) is 5.91 Å². The normalized spacial score (nSPS) is 33.2. The third-order valence-corrected chi connectivity index (χ3v) is 5.46. The maximum Gasteiger partial charge on any atom is 0.240 e. The quantitative estimate of drug-likeness (QED) is 0.820. The van der Waals surface area contributed by atoms with Crippen LogP contribution in [0.1, 0.15) is 38.5 Å². The van der Waals surface area contributed by atoms with Gasteiger partial charge in [-0.3, -0.25) is 9.69 Å². The number of hydrogen-bond donors (Lipinski definition) is 1. The van der Waals surface area contributed by atoms with E-state index < -0.39 is 0 Å². The standard InChI is InChI=1S/C16H29N3O2/c1-18(2)15(20)14-12-17-8-9-19(14)13-5-10-21-16(11-13)6-3-4-7-16/h13-14,17H,3-12H2,1-2H3. The number of amides is 1. The van der Waals surface area contributed by atoms with Crippen molar-refractivity contribution in [2.24, 2.45) is 0 Å². The predicted octanol–water partition coefficient (Wildman–Crippen LogP) is 0.840. The van der Waals surface area contributed by atoms with Crippen LogP contribution in [0.15, 0.2) is 0 Å². The molecule has 0 aromatic rings. The molecule has 0 radical (unpaired) electrons. The first kappa shape index (κ1) is 15.3. The van der Waals surface area contributed by atoms with Crippen molar-refractivity contribution < 1.29 is 9.53 Å². The molecule has 120 valence electrons. The summed E-state index contributed by atoms with van der Waals surface area (Å²) in [6.07, 6.45) is 7.20. The number of rotatable bonds is 2. The Hall–Kier alpha value is -0.650. The molecular formula is C16H29N3O2. The fourth-order valence-electron chi connectivity index (χ4n) is 4.34. The lowest BCUT2D eigenvalue weighted by Crippen LogP contribution is -2.62. The topological polar surface area (TPSA) is 44.8 Å². The van der Waals surface area contributed by atoms with Gasteiger partial charge in [-0.05, 0) is 25.7 Å². The Labute approximate surface area is 128 Å². The van der Waals surface area contributed by atoms with Crippen LogP contribution in [-0.4, -0.2) is 73.7 Å². The van der Waals surface area contributed by atoms with Crippen molar-refractivity contribution in [1.29, 1.82) is 0 Å². The van der Waals surface area contributed by atoms with Crippen molar-refractivity contribution >= 4 is 5.91 Å². The number of nitrogens with one attached hydrogen (secondary N) is 1. The number of nitrogens with zero attached hydrogens (tertiary/aromatic N) is 2. The first-order valence-electron chi connectivity index (χ1n) is 8.43. The van der Waals surface area contributed by atoms with Crippen molar-refractivity contribution in [1.82, 2.24) is 15.1 Å². The SMILES string of the molecule is CN(C)C(=O)C1CNCCN1C1CCOC2(CCCC2)C1. The van der Waals surface area contributed by atoms with E-state index in [1.165, 1.54) is 25.7 Å². The second kappa shape index (κ2) is 6.23. The van der Waals surface area contributed by atoms with E-state index in [-0.39, 0.29) is 17.6 Å². The highest BCUT2D eigenvalue weighted by Gasteiger charge is 2.44. The smallest absolute Gasteiger partial charge is 0.240 e. The maximum atomic E-state index is 12.5. The molecule has 0 aromatic carbocycles. The molecule has 1 N–H and O–H groups in total. The third kappa shape index (κ3) is 3.10. The summed E-state index contributed by atoms with van der Waals surface area (Å²) in [5.41, 5.74) is 0.125. The number of ether oxygens (including phenoxy) is 1. The van der Waals surface area contributed by atoms with Gasteiger partial charge < -0.3 is 15.0 Å². The molecule has 3 aliphatic rings. The summed E-state index contributed by atoms with van der Waals surface area (Å²) in [4.78, 5) is 16.7. The Balaban J connectivity index is 1.72. The van der Waals surface area contributed by atoms with Crippen molar-refractivity contribution in [2.75, 3.05) is 40.3 Å². The molecule has 1 saturated carbocycles. The molecule has 0 aromatic heterocycles. The summed E-state index contributed by atoms with van der Waals surface area (Å²) in [5.74, 6) is 0.231. The van der Waals surface area contributed by atoms with E-state index >= 15 is 0 Å². The van der Waals surface area contributed by atoms with Crippen LogP contribution < -0.4 is 5.32 Å². The monoisotopic (exact) mass is 295 g/mol. The minimum atomic E-state index is -0.00435. The molecule has 2 unspecified atom stereocenters. The molecule has 2 saturated heterocycles. The van der Waals surface area contributed by atoms with Gasteiger partial charge in [0.1, 0.15) is 6.04 Å². The van der Waals surface area contributed by atoms with E-state index in [1.807, 2.05) is 14.1 Å². The van der Waals surface area contributed by atoms with Crippen LogP contribution in [-0.2, 0) is 9.53 Å². The lowest BCUT2D eigenvalue weighted by molar-refractivity contribution is -0.142. The molecule has 5 nitrogen and oxygen atoms in total. The van der Waals surface area contributed by atoms with E-state index in [9.17, 15) is 4.79 Å². The lowest BCUT2D eigenvalue weighted by Gasteiger charge is -2.47. The van der Waals surface area contributed by atoms with Crippen LogP contribution in [0.4, 0.5) is 0 Å². The highest BCUT2D eigenvalue weighted by atomic mass is 16.5. The van der Waals surface area contributed by atoms with Crippen LogP contribution in [0.25, 0.3) is 0 Å². The number of piperazine rings is 1. The van der Waals surface area contributed by atoms with Gasteiger partial charge >= 0.3 is 0 Å². The van der Waals surface area contributed by atoms with E-state index in [4.69, 9.17) is 4.74 Å². The van der Waals surface area contributed by atoms with Crippen LogP contribution in [0, 0.1) is 0 Å². The van der Waals surface area contributed by atoms with Crippen LogP contribution in [0.5, 0.6) is 0 Å². The number of likely N-dealkylation sites (N-methyl/N-ethyl adjacent to an activating group) is 1. The summed E-state index contributed by atoms with van der Waals surface area (Å²) in [7, 11) is 3.72. The molecule has 2 atom stereocenters. The summed E-state index contributed by atoms with van der Waals surface area (Å²) in [6, 6.07) is 0.503. The largest absolute Gasteiger partial charge is 0.375 e. The summed E-state index contributed by atoms with van der Waals surface area (Å²) in [5, 5.41) is 3.38. The summed E-state index contributed by atoms with van der Waals surface area (Å²) < 4.78 is 6.15. The Kier molecular flexibility index (Phi) is 4.52. The fourth-order valence-corrected chi connectivity index (χ4v) is 4.34. The van der Waals surface area contributed by atoms with Gasteiger partial charge in [-0.1, -0.05) is 12.8 Å². The Morgan fingerprint density at radius 2 is 2.10 bits per heavy atom. The van der Waals surface area contributed by atoms with Gasteiger partial charge in [0.15, 0.2) is 0 Å². The van der Waals surface area contributed by atoms with Gasteiger partial charge in [0, 0.05) is 46.4 Å². The molecule has 0 bridgehead atoms. The zero-order valence-corrected chi connectivity index (χ0v) is 13.4. The van der Waals surface area contributed by atoms with E-state index in [1.54, 1.807) is 4.90 Å². The minimum absolute atomic E-state index is 0.00435. The average molecular weight is 295 g/mol. The molecular weight excluding hydrogens is 266 g/mol. The van der Waals surface area contributed by atoms with Crippen molar-refractivity contribution in [3.8, 4) is 0 Å². The Bertz CT molecular complexity index is 380. The third-order valence-electron chi connectivity index (χ3n) is 5.46. The number of hydrogen-bond acceptors (Lipinski definition) is 4. The Morgan fingerprint density at radius 1 is 1.33 bits per heavy atom. The molecule has 1 spiro atoms. The molecule has 1 amide bonds. The first-order valence-corrected chi connectivity index (χ1v) is 8.43. The van der Waals surface area contributed by atoms with E-state index in [0.29, 0.717) is 6.04 Å². The molecule has 3 rings (SSSR count). The van der Waals surface area contributed by atoms with Crippen LogP contribution in [0.2, 0.25) is 0 Å². The predicted molar refractivity (Wildman–Crippen MR) is 82.2 cm³/mol. The zero-order chi connectivity index (χ0) is 14.9. The maximum absolute atomic E-state index is 12.5. The van der Waals surface area contributed by atoms with Crippen LogP contribution >= 0.6 is 0 Å². The van der Waals surface area contributed by atoms with Crippen molar-refractivity contribution in [3.63, 3.8) is 0 Å². The molecule has 3 fully saturated rings. The molecule has 2 aliphatic heterocycles. The first-order chi connectivity index (χ1) is 10.1. The molecule has 21 heavy (non-hydrogen) atoms. The molecule has 1 aliphatic carbocycles. The van der Waals surface area contributed by atoms with Crippen molar-refractivity contribution in [2.45, 2.75) is 56.2 Å². The summed E-state index contributed by atoms with van der Waals surface area (Å²) in [6.45, 7) is 3.60. The molecule has 2 heterocycles.